The van der Waals surface area contributed by atoms with E-state index in [2.05, 4.69) is 0 Å². The lowest BCUT2D eigenvalue weighted by atomic mass is 10.1. The number of carboxylic acid groups (broad SMARTS) is 1. The van der Waals surface area contributed by atoms with Crippen molar-refractivity contribution in [2.45, 2.75) is 6.54 Å². The fourth-order valence-electron chi connectivity index (χ4n) is 1.14. The molecular weight excluding hydrogens is 168 g/mol. The molecule has 0 spiro atoms. The van der Waals surface area contributed by atoms with Crippen molar-refractivity contribution in [1.82, 2.24) is 5.01 Å². The molecule has 0 amide bonds. The molecule has 0 saturated heterocycles. The van der Waals surface area contributed by atoms with E-state index in [9.17, 15) is 4.79 Å². The van der Waals surface area contributed by atoms with Gasteiger partial charge >= 0.3 is 5.97 Å². The summed E-state index contributed by atoms with van der Waals surface area (Å²) in [6, 6.07) is 6.82. The van der Waals surface area contributed by atoms with Crippen molar-refractivity contribution in [2.75, 3.05) is 7.05 Å². The Balaban J connectivity index is 2.98. The number of nitrogens with zero attached hydrogens (tertiary/aromatic N) is 1. The summed E-state index contributed by atoms with van der Waals surface area (Å²) in [6.07, 6.45) is 0. The van der Waals surface area contributed by atoms with Crippen LogP contribution in [-0.4, -0.2) is 23.1 Å². The Hall–Kier alpha value is -1.39. The van der Waals surface area contributed by atoms with E-state index >= 15 is 0 Å². The first-order chi connectivity index (χ1) is 6.11. The molecule has 0 atom stereocenters. The SMILES string of the molecule is CN(N)Cc1ccccc1C(=O)O. The van der Waals surface area contributed by atoms with Crippen molar-refractivity contribution in [3.8, 4) is 0 Å². The Morgan fingerprint density at radius 2 is 2.15 bits per heavy atom. The molecule has 1 aromatic carbocycles. The van der Waals surface area contributed by atoms with Gasteiger partial charge in [-0.3, -0.25) is 5.84 Å². The largest absolute Gasteiger partial charge is 0.478 e. The number of benzene rings is 1. The lowest BCUT2D eigenvalue weighted by molar-refractivity contribution is 0.0695. The average molecular weight is 180 g/mol. The van der Waals surface area contributed by atoms with Gasteiger partial charge in [-0.1, -0.05) is 18.2 Å². The molecule has 0 saturated carbocycles. The smallest absolute Gasteiger partial charge is 0.336 e. The minimum atomic E-state index is -0.919. The van der Waals surface area contributed by atoms with Crippen LogP contribution in [0.25, 0.3) is 0 Å². The molecule has 0 heterocycles. The average Bonchev–Trinajstić information content (AvgIpc) is 2.03. The van der Waals surface area contributed by atoms with E-state index < -0.39 is 5.97 Å². The van der Waals surface area contributed by atoms with Crippen molar-refractivity contribution in [3.05, 3.63) is 35.4 Å². The third-order valence-electron chi connectivity index (χ3n) is 1.67. The van der Waals surface area contributed by atoms with Crippen molar-refractivity contribution in [2.24, 2.45) is 5.84 Å². The van der Waals surface area contributed by atoms with E-state index in [1.54, 1.807) is 31.3 Å². The first kappa shape index (κ1) is 9.70. The molecule has 0 radical (unpaired) electrons. The summed E-state index contributed by atoms with van der Waals surface area (Å²) in [5.74, 6) is 4.51. The molecule has 0 aliphatic carbocycles. The molecule has 0 aromatic heterocycles. The van der Waals surface area contributed by atoms with Crippen LogP contribution in [0.2, 0.25) is 0 Å². The molecule has 0 fully saturated rings. The number of aromatic carboxylic acids is 1. The number of carboxylic acids is 1. The van der Waals surface area contributed by atoms with Gasteiger partial charge in [0.15, 0.2) is 0 Å². The van der Waals surface area contributed by atoms with E-state index in [4.69, 9.17) is 10.9 Å². The molecule has 0 unspecified atom stereocenters. The second kappa shape index (κ2) is 4.02. The zero-order valence-electron chi connectivity index (χ0n) is 7.40. The van der Waals surface area contributed by atoms with Gasteiger partial charge in [0, 0.05) is 13.6 Å². The fourth-order valence-corrected chi connectivity index (χ4v) is 1.14. The molecule has 0 aliphatic rings. The number of carbonyl (C=O) groups is 1. The quantitative estimate of drug-likeness (QED) is 0.530. The maximum atomic E-state index is 10.7. The molecule has 3 N–H and O–H groups in total. The number of rotatable bonds is 3. The van der Waals surface area contributed by atoms with Crippen LogP contribution < -0.4 is 5.84 Å². The lowest BCUT2D eigenvalue weighted by Gasteiger charge is -2.11. The molecule has 0 bridgehead atoms. The zero-order valence-corrected chi connectivity index (χ0v) is 7.40. The summed E-state index contributed by atoms with van der Waals surface area (Å²) in [7, 11) is 1.69. The number of nitrogens with two attached hydrogens (primary N) is 1. The van der Waals surface area contributed by atoms with Crippen molar-refractivity contribution in [1.29, 1.82) is 0 Å². The highest BCUT2D eigenvalue weighted by Crippen LogP contribution is 2.09. The molecule has 1 aromatic rings. The highest BCUT2D eigenvalue weighted by molar-refractivity contribution is 5.89. The molecule has 1 rings (SSSR count). The Labute approximate surface area is 76.6 Å². The van der Waals surface area contributed by atoms with Crippen LogP contribution in [0.3, 0.4) is 0 Å². The minimum Gasteiger partial charge on any atom is -0.478 e. The summed E-state index contributed by atoms with van der Waals surface area (Å²) in [5, 5.41) is 10.3. The van der Waals surface area contributed by atoms with Crippen LogP contribution in [0.15, 0.2) is 24.3 Å². The van der Waals surface area contributed by atoms with Gasteiger partial charge in [0.1, 0.15) is 0 Å². The number of hydrogen-bond donors (Lipinski definition) is 2. The maximum Gasteiger partial charge on any atom is 0.336 e. The van der Waals surface area contributed by atoms with Crippen molar-refractivity contribution < 1.29 is 9.90 Å². The summed E-state index contributed by atoms with van der Waals surface area (Å²) >= 11 is 0. The van der Waals surface area contributed by atoms with Gasteiger partial charge in [-0.2, -0.15) is 0 Å². The highest BCUT2D eigenvalue weighted by atomic mass is 16.4. The van der Waals surface area contributed by atoms with Gasteiger partial charge in [0.05, 0.1) is 5.56 Å². The Kier molecular flexibility index (Phi) is 3.00. The summed E-state index contributed by atoms with van der Waals surface area (Å²) in [6.45, 7) is 0.433. The first-order valence-corrected chi connectivity index (χ1v) is 3.88. The van der Waals surface area contributed by atoms with E-state index in [0.717, 1.165) is 5.56 Å². The normalized spacial score (nSPS) is 10.4. The molecule has 13 heavy (non-hydrogen) atoms. The number of hydrazine groups is 1. The van der Waals surface area contributed by atoms with E-state index in [0.29, 0.717) is 12.1 Å². The second-order valence-electron chi connectivity index (χ2n) is 2.88. The van der Waals surface area contributed by atoms with E-state index in [1.165, 1.54) is 5.01 Å². The van der Waals surface area contributed by atoms with Crippen LogP contribution in [0.5, 0.6) is 0 Å². The van der Waals surface area contributed by atoms with Gasteiger partial charge in [-0.15, -0.1) is 0 Å². The number of hydrogen-bond acceptors (Lipinski definition) is 3. The van der Waals surface area contributed by atoms with Crippen molar-refractivity contribution in [3.63, 3.8) is 0 Å². The van der Waals surface area contributed by atoms with Crippen LogP contribution in [0.4, 0.5) is 0 Å². The van der Waals surface area contributed by atoms with Crippen LogP contribution >= 0.6 is 0 Å². The predicted octanol–water partition coefficient (Wildman–Crippen LogP) is 0.690. The first-order valence-electron chi connectivity index (χ1n) is 3.88. The molecule has 4 heteroatoms. The lowest BCUT2D eigenvalue weighted by Crippen LogP contribution is -2.26. The molecule has 0 aliphatic heterocycles. The minimum absolute atomic E-state index is 0.305. The van der Waals surface area contributed by atoms with Crippen LogP contribution in [0.1, 0.15) is 15.9 Å². The third-order valence-corrected chi connectivity index (χ3v) is 1.67. The molecule has 70 valence electrons. The summed E-state index contributed by atoms with van der Waals surface area (Å²) < 4.78 is 0. The van der Waals surface area contributed by atoms with Gasteiger partial charge in [0.2, 0.25) is 0 Å². The van der Waals surface area contributed by atoms with Gasteiger partial charge in [0.25, 0.3) is 0 Å². The maximum absolute atomic E-state index is 10.7. The van der Waals surface area contributed by atoms with Gasteiger partial charge in [-0.05, 0) is 11.6 Å². The summed E-state index contributed by atoms with van der Waals surface area (Å²) in [5.41, 5.74) is 1.03. The topological polar surface area (TPSA) is 66.6 Å². The predicted molar refractivity (Wildman–Crippen MR) is 49.1 cm³/mol. The Morgan fingerprint density at radius 3 is 2.69 bits per heavy atom. The second-order valence-corrected chi connectivity index (χ2v) is 2.88. The Bertz CT molecular complexity index is 310. The highest BCUT2D eigenvalue weighted by Gasteiger charge is 2.08. The van der Waals surface area contributed by atoms with Gasteiger partial charge < -0.3 is 5.11 Å². The molecular formula is C9H12N2O2. The van der Waals surface area contributed by atoms with Crippen molar-refractivity contribution >= 4 is 5.97 Å². The monoisotopic (exact) mass is 180 g/mol. The van der Waals surface area contributed by atoms with E-state index in [-0.39, 0.29) is 0 Å². The van der Waals surface area contributed by atoms with Gasteiger partial charge in [-0.25, -0.2) is 9.80 Å². The van der Waals surface area contributed by atoms with Crippen LogP contribution in [0, 0.1) is 0 Å². The standard InChI is InChI=1S/C9H12N2O2/c1-11(10)6-7-4-2-3-5-8(7)9(12)13/h2-5H,6,10H2,1H3,(H,12,13). The third kappa shape index (κ3) is 2.54. The van der Waals surface area contributed by atoms with E-state index in [1.807, 2.05) is 0 Å². The molecule has 4 nitrogen and oxygen atoms in total. The fraction of sp³-hybridized carbons (Fsp3) is 0.222. The van der Waals surface area contributed by atoms with Crippen LogP contribution in [-0.2, 0) is 6.54 Å². The Morgan fingerprint density at radius 1 is 1.54 bits per heavy atom. The zero-order chi connectivity index (χ0) is 9.84. The summed E-state index contributed by atoms with van der Waals surface area (Å²) in [4.78, 5) is 10.7.